The Bertz CT molecular complexity index is 1540. The smallest absolute Gasteiger partial charge is 0.279 e. The minimum absolute atomic E-state index is 0.0286. The Morgan fingerprint density at radius 2 is 1.87 bits per heavy atom. The fourth-order valence-electron chi connectivity index (χ4n) is 6.89. The maximum absolute atomic E-state index is 13.9. The fraction of sp³-hybridized carbons (Fsp3) is 0.500. The zero-order valence-electron chi connectivity index (χ0n) is 22.7. The van der Waals surface area contributed by atoms with Gasteiger partial charge in [0.15, 0.2) is 0 Å². The number of benzene rings is 1. The number of likely N-dealkylation sites (N-methyl/N-ethyl adjacent to an activating group) is 1. The summed E-state index contributed by atoms with van der Waals surface area (Å²) in [7, 11) is 4.20. The Labute approximate surface area is 223 Å². The molecule has 0 radical (unpaired) electrons. The molecule has 0 amide bonds. The highest BCUT2D eigenvalue weighted by molar-refractivity contribution is 5.84. The van der Waals surface area contributed by atoms with Crippen LogP contribution in [0.1, 0.15) is 61.2 Å². The van der Waals surface area contributed by atoms with E-state index in [1.165, 1.54) is 24.0 Å². The van der Waals surface area contributed by atoms with Gasteiger partial charge in [-0.2, -0.15) is 0 Å². The lowest BCUT2D eigenvalue weighted by molar-refractivity contribution is 0.147. The first-order valence-corrected chi connectivity index (χ1v) is 14.0. The Morgan fingerprint density at radius 3 is 2.55 bits per heavy atom. The van der Waals surface area contributed by atoms with Gasteiger partial charge in [0.1, 0.15) is 17.7 Å². The highest BCUT2D eigenvalue weighted by atomic mass is 16.1. The van der Waals surface area contributed by atoms with E-state index in [2.05, 4.69) is 75.5 Å². The van der Waals surface area contributed by atoms with Crippen molar-refractivity contribution in [2.75, 3.05) is 33.2 Å². The second-order valence-corrected chi connectivity index (χ2v) is 12.1. The number of rotatable bonds is 6. The van der Waals surface area contributed by atoms with Crippen LogP contribution in [0.3, 0.4) is 0 Å². The summed E-state index contributed by atoms with van der Waals surface area (Å²) in [4.78, 5) is 22.3. The van der Waals surface area contributed by atoms with Crippen molar-refractivity contribution in [1.29, 1.82) is 0 Å². The van der Waals surface area contributed by atoms with Gasteiger partial charge in [0, 0.05) is 62.7 Å². The highest BCUT2D eigenvalue weighted by Gasteiger charge is 2.48. The number of fused-ring (bicyclic) bond motifs is 1. The molecule has 0 atom stereocenters. The number of nitrogens with zero attached hydrogens (tertiary/aromatic N) is 6. The number of nitrogens with one attached hydrogen (secondary N) is 1. The molecule has 1 aliphatic heterocycles. The molecule has 198 valence electrons. The zero-order chi connectivity index (χ0) is 26.0. The molecular weight excluding hydrogens is 474 g/mol. The molecule has 3 aromatic heterocycles. The Hall–Kier alpha value is -3.23. The SMILES string of the molecule is CC1CC(c2cccc(-n3cc(C4CC4)c4cc(CN5CCN(C)CC5)[nH]c4c3=O)c2)(c2nncn2C)C1. The molecule has 1 N–H and O–H groups in total. The van der Waals surface area contributed by atoms with Crippen LogP contribution in [-0.4, -0.2) is 67.3 Å². The monoisotopic (exact) mass is 511 g/mol. The third-order valence-electron chi connectivity index (χ3n) is 9.10. The summed E-state index contributed by atoms with van der Waals surface area (Å²) in [5.41, 5.74) is 5.19. The van der Waals surface area contributed by atoms with Gasteiger partial charge in [-0.25, -0.2) is 0 Å². The Morgan fingerprint density at radius 1 is 1.08 bits per heavy atom. The van der Waals surface area contributed by atoms with Gasteiger partial charge in [-0.05, 0) is 73.9 Å². The summed E-state index contributed by atoms with van der Waals surface area (Å²) in [5, 5.41) is 9.81. The van der Waals surface area contributed by atoms with Crippen molar-refractivity contribution in [2.24, 2.45) is 13.0 Å². The van der Waals surface area contributed by atoms with Crippen LogP contribution in [0.5, 0.6) is 0 Å². The maximum Gasteiger partial charge on any atom is 0.279 e. The van der Waals surface area contributed by atoms with Crippen molar-refractivity contribution in [3.8, 4) is 5.69 Å². The van der Waals surface area contributed by atoms with Crippen molar-refractivity contribution in [3.05, 3.63) is 75.9 Å². The van der Waals surface area contributed by atoms with Gasteiger partial charge in [0.25, 0.3) is 5.56 Å². The van der Waals surface area contributed by atoms with Gasteiger partial charge in [0.2, 0.25) is 0 Å². The minimum atomic E-state index is -0.157. The molecule has 8 nitrogen and oxygen atoms in total. The number of aromatic nitrogens is 5. The molecule has 2 saturated carbocycles. The zero-order valence-corrected chi connectivity index (χ0v) is 22.7. The van der Waals surface area contributed by atoms with Gasteiger partial charge < -0.3 is 14.5 Å². The van der Waals surface area contributed by atoms with Gasteiger partial charge >= 0.3 is 0 Å². The molecule has 3 fully saturated rings. The largest absolute Gasteiger partial charge is 0.353 e. The number of aryl methyl sites for hydroxylation is 1. The van der Waals surface area contributed by atoms with Crippen molar-refractivity contribution in [2.45, 2.75) is 50.5 Å². The van der Waals surface area contributed by atoms with E-state index in [1.54, 1.807) is 6.33 Å². The van der Waals surface area contributed by atoms with E-state index in [9.17, 15) is 4.79 Å². The topological polar surface area (TPSA) is 75.0 Å². The second-order valence-electron chi connectivity index (χ2n) is 12.1. The molecule has 2 aliphatic carbocycles. The summed E-state index contributed by atoms with van der Waals surface area (Å²) in [5.74, 6) is 2.18. The van der Waals surface area contributed by atoms with Gasteiger partial charge in [-0.3, -0.25) is 14.3 Å². The molecule has 0 bridgehead atoms. The number of H-pyrrole nitrogens is 1. The summed E-state index contributed by atoms with van der Waals surface area (Å²) in [6.07, 6.45) is 8.37. The van der Waals surface area contributed by atoms with Crippen molar-refractivity contribution in [1.82, 2.24) is 34.1 Å². The van der Waals surface area contributed by atoms with Crippen molar-refractivity contribution in [3.63, 3.8) is 0 Å². The molecule has 7 rings (SSSR count). The van der Waals surface area contributed by atoms with E-state index in [0.29, 0.717) is 11.8 Å². The molecule has 0 spiro atoms. The number of piperazine rings is 1. The molecule has 1 saturated heterocycles. The molecule has 3 aliphatic rings. The molecule has 4 aromatic rings. The van der Waals surface area contributed by atoms with Crippen LogP contribution in [0.2, 0.25) is 0 Å². The number of hydrogen-bond acceptors (Lipinski definition) is 5. The van der Waals surface area contributed by atoms with Crippen LogP contribution in [0.25, 0.3) is 16.6 Å². The van der Waals surface area contributed by atoms with E-state index >= 15 is 0 Å². The van der Waals surface area contributed by atoms with Crippen molar-refractivity contribution >= 4 is 10.9 Å². The lowest BCUT2D eigenvalue weighted by Gasteiger charge is -2.46. The minimum Gasteiger partial charge on any atom is -0.353 e. The van der Waals surface area contributed by atoms with Crippen LogP contribution in [0.15, 0.2) is 47.7 Å². The van der Waals surface area contributed by atoms with E-state index < -0.39 is 0 Å². The predicted octanol–water partition coefficient (Wildman–Crippen LogP) is 3.79. The van der Waals surface area contributed by atoms with Crippen LogP contribution >= 0.6 is 0 Å². The van der Waals surface area contributed by atoms with E-state index in [-0.39, 0.29) is 11.0 Å². The van der Waals surface area contributed by atoms with Crippen LogP contribution in [0.4, 0.5) is 0 Å². The van der Waals surface area contributed by atoms with Crippen LogP contribution < -0.4 is 5.56 Å². The van der Waals surface area contributed by atoms with Crippen LogP contribution in [-0.2, 0) is 19.0 Å². The van der Waals surface area contributed by atoms with Crippen molar-refractivity contribution < 1.29 is 0 Å². The average Bonchev–Trinajstić information content (AvgIpc) is 3.51. The highest BCUT2D eigenvalue weighted by Crippen LogP contribution is 2.51. The molecule has 8 heteroatoms. The summed E-state index contributed by atoms with van der Waals surface area (Å²) >= 11 is 0. The number of hydrogen-bond donors (Lipinski definition) is 1. The molecule has 38 heavy (non-hydrogen) atoms. The first-order chi connectivity index (χ1) is 18.4. The van der Waals surface area contributed by atoms with Gasteiger partial charge in [0.05, 0.1) is 5.41 Å². The summed E-state index contributed by atoms with van der Waals surface area (Å²) in [6, 6.07) is 10.8. The van der Waals surface area contributed by atoms with Gasteiger partial charge in [-0.1, -0.05) is 19.1 Å². The second kappa shape index (κ2) is 8.92. The summed E-state index contributed by atoms with van der Waals surface area (Å²) < 4.78 is 3.92. The maximum atomic E-state index is 13.9. The van der Waals surface area contributed by atoms with Gasteiger partial charge in [-0.15, -0.1) is 10.2 Å². The van der Waals surface area contributed by atoms with E-state index in [4.69, 9.17) is 0 Å². The quantitative estimate of drug-likeness (QED) is 0.426. The number of pyridine rings is 1. The van der Waals surface area contributed by atoms with E-state index in [1.807, 2.05) is 16.2 Å². The standard InChI is InChI=1S/C30H37N7O/c1-20-15-30(16-20,29-33-31-19-35(29)3)22-5-4-6-24(13-22)37-18-26(21-7-8-21)25-14-23(32-27(25)28(37)38)17-36-11-9-34(2)10-12-36/h4-6,13-14,18-21,32H,7-12,15-17H2,1-3H3. The normalized spacial score (nSPS) is 24.7. The van der Waals surface area contributed by atoms with E-state index in [0.717, 1.165) is 73.7 Å². The molecule has 0 unspecified atom stereocenters. The number of aromatic amines is 1. The first kappa shape index (κ1) is 23.9. The average molecular weight is 512 g/mol. The Balaban J connectivity index is 1.29. The lowest BCUT2D eigenvalue weighted by Crippen LogP contribution is -2.43. The van der Waals surface area contributed by atoms with Crippen LogP contribution in [0, 0.1) is 5.92 Å². The summed E-state index contributed by atoms with van der Waals surface area (Å²) in [6.45, 7) is 7.45. The molecule has 4 heterocycles. The molecule has 1 aromatic carbocycles. The predicted molar refractivity (Wildman–Crippen MR) is 149 cm³/mol. The lowest BCUT2D eigenvalue weighted by atomic mass is 9.58. The third kappa shape index (κ3) is 3.93. The molecular formula is C30H37N7O. The third-order valence-corrected chi connectivity index (χ3v) is 9.10. The Kier molecular flexibility index (Phi) is 5.60. The fourth-order valence-corrected chi connectivity index (χ4v) is 6.89. The first-order valence-electron chi connectivity index (χ1n) is 14.0.